The van der Waals surface area contributed by atoms with Crippen LogP contribution in [0, 0.1) is 6.92 Å². The van der Waals surface area contributed by atoms with Crippen LogP contribution in [0.25, 0.3) is 0 Å². The van der Waals surface area contributed by atoms with E-state index >= 15 is 0 Å². The number of carbonyl (C=O) groups is 3. The van der Waals surface area contributed by atoms with Gasteiger partial charge in [-0.2, -0.15) is 0 Å². The maximum Gasteiger partial charge on any atom is 0.344 e. The van der Waals surface area contributed by atoms with E-state index in [0.717, 1.165) is 5.56 Å². The van der Waals surface area contributed by atoms with Crippen LogP contribution < -0.4 is 10.1 Å². The predicted molar refractivity (Wildman–Crippen MR) is 79.3 cm³/mol. The lowest BCUT2D eigenvalue weighted by Crippen LogP contribution is -2.39. The molecule has 0 radical (unpaired) electrons. The monoisotopic (exact) mass is 308 g/mol. The number of esters is 1. The van der Waals surface area contributed by atoms with Crippen LogP contribution in [-0.2, 0) is 19.1 Å². The zero-order valence-corrected chi connectivity index (χ0v) is 12.9. The molecule has 120 valence electrons. The fourth-order valence-electron chi connectivity index (χ4n) is 1.53. The highest BCUT2D eigenvalue weighted by Crippen LogP contribution is 2.15. The Bertz CT molecular complexity index is 544. The molecule has 0 heterocycles. The summed E-state index contributed by atoms with van der Waals surface area (Å²) in [6, 6.07) is 7.26. The second-order valence-electron chi connectivity index (χ2n) is 4.64. The Morgan fingerprint density at radius 1 is 1.18 bits per heavy atom. The highest BCUT2D eigenvalue weighted by Gasteiger charge is 2.14. The van der Waals surface area contributed by atoms with Gasteiger partial charge in [0.1, 0.15) is 5.75 Å². The number of rotatable bonds is 7. The van der Waals surface area contributed by atoms with Crippen molar-refractivity contribution in [1.82, 2.24) is 10.2 Å². The van der Waals surface area contributed by atoms with E-state index in [4.69, 9.17) is 9.47 Å². The van der Waals surface area contributed by atoms with Crippen LogP contribution in [-0.4, -0.2) is 56.5 Å². The SMILES string of the molecule is CNC(=O)CN(C)C(=O)COC(=O)COc1ccccc1C. The molecule has 7 nitrogen and oxygen atoms in total. The van der Waals surface area contributed by atoms with Gasteiger partial charge in [-0.15, -0.1) is 0 Å². The van der Waals surface area contributed by atoms with Crippen molar-refractivity contribution in [3.63, 3.8) is 0 Å². The third kappa shape index (κ3) is 5.82. The van der Waals surface area contributed by atoms with Gasteiger partial charge in [0, 0.05) is 14.1 Å². The number of hydrogen-bond donors (Lipinski definition) is 1. The van der Waals surface area contributed by atoms with Crippen molar-refractivity contribution in [1.29, 1.82) is 0 Å². The summed E-state index contributed by atoms with van der Waals surface area (Å²) in [5.74, 6) is -0.828. The second-order valence-corrected chi connectivity index (χ2v) is 4.64. The molecule has 1 N–H and O–H groups in total. The van der Waals surface area contributed by atoms with E-state index in [9.17, 15) is 14.4 Å². The fraction of sp³-hybridized carbons (Fsp3) is 0.400. The summed E-state index contributed by atoms with van der Waals surface area (Å²) in [4.78, 5) is 35.5. The van der Waals surface area contributed by atoms with Crippen LogP contribution >= 0.6 is 0 Å². The van der Waals surface area contributed by atoms with E-state index in [1.165, 1.54) is 19.0 Å². The van der Waals surface area contributed by atoms with Gasteiger partial charge in [0.15, 0.2) is 13.2 Å². The Hall–Kier alpha value is -2.57. The van der Waals surface area contributed by atoms with Gasteiger partial charge in [-0.3, -0.25) is 9.59 Å². The lowest BCUT2D eigenvalue weighted by molar-refractivity contribution is -0.153. The first-order chi connectivity index (χ1) is 10.4. The summed E-state index contributed by atoms with van der Waals surface area (Å²) in [5, 5.41) is 2.40. The predicted octanol–water partition coefficient (Wildman–Crippen LogP) is 0.121. The molecule has 1 rings (SSSR count). The van der Waals surface area contributed by atoms with E-state index < -0.39 is 18.5 Å². The largest absolute Gasteiger partial charge is 0.482 e. The van der Waals surface area contributed by atoms with Crippen molar-refractivity contribution in [2.75, 3.05) is 33.9 Å². The lowest BCUT2D eigenvalue weighted by atomic mass is 10.2. The van der Waals surface area contributed by atoms with Crippen molar-refractivity contribution in [2.24, 2.45) is 0 Å². The highest BCUT2D eigenvalue weighted by atomic mass is 16.6. The Kier molecular flexibility index (Phi) is 6.88. The number of hydrogen-bond acceptors (Lipinski definition) is 5. The number of ether oxygens (including phenoxy) is 2. The van der Waals surface area contributed by atoms with Crippen molar-refractivity contribution < 1.29 is 23.9 Å². The summed E-state index contributed by atoms with van der Waals surface area (Å²) in [6.45, 7) is 1.06. The topological polar surface area (TPSA) is 84.9 Å². The number of likely N-dealkylation sites (N-methyl/N-ethyl adjacent to an activating group) is 2. The maximum atomic E-state index is 11.7. The molecule has 0 atom stereocenters. The van der Waals surface area contributed by atoms with Gasteiger partial charge in [0.25, 0.3) is 5.91 Å². The number of aryl methyl sites for hydroxylation is 1. The summed E-state index contributed by atoms with van der Waals surface area (Å²) in [7, 11) is 2.93. The lowest BCUT2D eigenvalue weighted by Gasteiger charge is -2.16. The first-order valence-electron chi connectivity index (χ1n) is 6.72. The zero-order chi connectivity index (χ0) is 16.5. The minimum Gasteiger partial charge on any atom is -0.482 e. The summed E-state index contributed by atoms with van der Waals surface area (Å²) < 4.78 is 10.1. The van der Waals surface area contributed by atoms with E-state index in [1.54, 1.807) is 12.1 Å². The maximum absolute atomic E-state index is 11.7. The van der Waals surface area contributed by atoms with Crippen LogP contribution in [0.1, 0.15) is 5.56 Å². The first-order valence-corrected chi connectivity index (χ1v) is 6.72. The van der Waals surface area contributed by atoms with Crippen LogP contribution in [0.5, 0.6) is 5.75 Å². The number of nitrogens with one attached hydrogen (secondary N) is 1. The quantitative estimate of drug-likeness (QED) is 0.723. The average Bonchev–Trinajstić information content (AvgIpc) is 2.51. The molecule has 0 spiro atoms. The van der Waals surface area contributed by atoms with E-state index in [0.29, 0.717) is 5.75 Å². The molecule has 0 unspecified atom stereocenters. The highest BCUT2D eigenvalue weighted by molar-refractivity contribution is 5.86. The van der Waals surface area contributed by atoms with Crippen molar-refractivity contribution >= 4 is 17.8 Å². The Balaban J connectivity index is 2.32. The second kappa shape index (κ2) is 8.66. The Morgan fingerprint density at radius 3 is 2.50 bits per heavy atom. The molecular formula is C15H20N2O5. The summed E-state index contributed by atoms with van der Waals surface area (Å²) in [5.41, 5.74) is 0.900. The van der Waals surface area contributed by atoms with Crippen LogP contribution in [0.2, 0.25) is 0 Å². The zero-order valence-electron chi connectivity index (χ0n) is 12.9. The Labute approximate surface area is 129 Å². The van der Waals surface area contributed by atoms with Gasteiger partial charge < -0.3 is 19.7 Å². The molecule has 0 aromatic heterocycles. The molecule has 0 saturated heterocycles. The average molecular weight is 308 g/mol. The number of nitrogens with zero attached hydrogens (tertiary/aromatic N) is 1. The number of benzene rings is 1. The van der Waals surface area contributed by atoms with Gasteiger partial charge in [0.2, 0.25) is 5.91 Å². The molecule has 0 aliphatic heterocycles. The Morgan fingerprint density at radius 2 is 1.86 bits per heavy atom. The molecule has 0 bridgehead atoms. The standard InChI is InChI=1S/C15H20N2O5/c1-11-6-4-5-7-12(11)21-10-15(20)22-9-14(19)17(3)8-13(18)16-2/h4-7H,8-10H2,1-3H3,(H,16,18). The fourth-order valence-corrected chi connectivity index (χ4v) is 1.53. The molecular weight excluding hydrogens is 288 g/mol. The number of amides is 2. The van der Waals surface area contributed by atoms with Gasteiger partial charge in [0.05, 0.1) is 6.54 Å². The van der Waals surface area contributed by atoms with E-state index in [2.05, 4.69) is 5.32 Å². The molecule has 0 fully saturated rings. The molecule has 7 heteroatoms. The minimum absolute atomic E-state index is 0.0907. The molecule has 1 aromatic rings. The van der Waals surface area contributed by atoms with Crippen LogP contribution in [0.4, 0.5) is 0 Å². The van der Waals surface area contributed by atoms with Crippen molar-refractivity contribution in [3.05, 3.63) is 29.8 Å². The molecule has 22 heavy (non-hydrogen) atoms. The van der Waals surface area contributed by atoms with Gasteiger partial charge in [-0.25, -0.2) is 4.79 Å². The number of para-hydroxylation sites is 1. The normalized spacial score (nSPS) is 9.77. The molecule has 2 amide bonds. The van der Waals surface area contributed by atoms with Crippen LogP contribution in [0.15, 0.2) is 24.3 Å². The van der Waals surface area contributed by atoms with E-state index in [-0.39, 0.29) is 19.1 Å². The first kappa shape index (κ1) is 17.5. The summed E-state index contributed by atoms with van der Waals surface area (Å²) in [6.07, 6.45) is 0. The van der Waals surface area contributed by atoms with Crippen molar-refractivity contribution in [2.45, 2.75) is 6.92 Å². The molecule has 0 aliphatic rings. The van der Waals surface area contributed by atoms with Gasteiger partial charge >= 0.3 is 5.97 Å². The third-order valence-electron chi connectivity index (χ3n) is 2.88. The summed E-state index contributed by atoms with van der Waals surface area (Å²) >= 11 is 0. The minimum atomic E-state index is -0.648. The van der Waals surface area contributed by atoms with Crippen LogP contribution in [0.3, 0.4) is 0 Å². The smallest absolute Gasteiger partial charge is 0.344 e. The van der Waals surface area contributed by atoms with Gasteiger partial charge in [-0.05, 0) is 18.6 Å². The molecule has 0 saturated carbocycles. The van der Waals surface area contributed by atoms with Gasteiger partial charge in [-0.1, -0.05) is 18.2 Å². The van der Waals surface area contributed by atoms with E-state index in [1.807, 2.05) is 19.1 Å². The molecule has 0 aliphatic carbocycles. The number of carbonyl (C=O) groups excluding carboxylic acids is 3. The molecule has 1 aromatic carbocycles. The third-order valence-corrected chi connectivity index (χ3v) is 2.88. The van der Waals surface area contributed by atoms with Crippen molar-refractivity contribution in [3.8, 4) is 5.75 Å².